The Kier molecular flexibility index (Phi) is 5.23. The normalized spacial score (nSPS) is 17.4. The zero-order valence-corrected chi connectivity index (χ0v) is 19.5. The van der Waals surface area contributed by atoms with Gasteiger partial charge in [-0.1, -0.05) is 32.0 Å². The van der Waals surface area contributed by atoms with E-state index >= 15 is 0 Å². The van der Waals surface area contributed by atoms with Crippen molar-refractivity contribution < 1.29 is 14.3 Å². The zero-order chi connectivity index (χ0) is 23.3. The van der Waals surface area contributed by atoms with Gasteiger partial charge in [-0.15, -0.1) is 0 Å². The molecular weight excluding hydrogens is 414 g/mol. The monoisotopic (exact) mass is 443 g/mol. The van der Waals surface area contributed by atoms with Crippen molar-refractivity contribution in [3.63, 3.8) is 0 Å². The number of benzene rings is 2. The summed E-state index contributed by atoms with van der Waals surface area (Å²) in [6.07, 6.45) is 3.27. The first-order valence-corrected chi connectivity index (χ1v) is 11.5. The van der Waals surface area contributed by atoms with Crippen LogP contribution in [0.3, 0.4) is 0 Å². The predicted molar refractivity (Wildman–Crippen MR) is 129 cm³/mol. The third-order valence-electron chi connectivity index (χ3n) is 6.71. The lowest BCUT2D eigenvalue weighted by Gasteiger charge is -2.19. The summed E-state index contributed by atoms with van der Waals surface area (Å²) in [5.41, 5.74) is 5.68. The van der Waals surface area contributed by atoms with E-state index in [4.69, 9.17) is 4.74 Å². The SMILES string of the molecule is COc1ccc(C2C3=C(CN(C(C)=O)C3=O)Nc3cccc4c3c2cn4CCC(C)C)cc1. The van der Waals surface area contributed by atoms with Crippen LogP contribution in [-0.4, -0.2) is 34.9 Å². The van der Waals surface area contributed by atoms with Crippen LogP contribution in [0.2, 0.25) is 0 Å². The second kappa shape index (κ2) is 8.10. The van der Waals surface area contributed by atoms with Crippen LogP contribution >= 0.6 is 0 Å². The van der Waals surface area contributed by atoms with Gasteiger partial charge < -0.3 is 14.6 Å². The molecule has 3 aromatic rings. The molecule has 0 spiro atoms. The van der Waals surface area contributed by atoms with E-state index in [1.54, 1.807) is 7.11 Å². The standard InChI is InChI=1S/C27H29N3O3/c1-16(2)12-13-29-14-20-24(18-8-10-19(33-4)11-9-18)26-22(15-30(17(3)31)27(26)32)28-21-6-5-7-23(29)25(20)21/h5-11,14,16,24,28H,12-13,15H2,1-4H3. The van der Waals surface area contributed by atoms with Gasteiger partial charge in [0.2, 0.25) is 5.91 Å². The molecule has 5 rings (SSSR count). The van der Waals surface area contributed by atoms with Crippen molar-refractivity contribution in [2.45, 2.75) is 39.7 Å². The number of methoxy groups -OCH3 is 1. The van der Waals surface area contributed by atoms with E-state index in [1.165, 1.54) is 11.8 Å². The summed E-state index contributed by atoms with van der Waals surface area (Å²) in [6, 6.07) is 14.1. The van der Waals surface area contributed by atoms with Crippen LogP contribution in [0, 0.1) is 5.92 Å². The maximum atomic E-state index is 13.5. The number of aromatic nitrogens is 1. The molecule has 1 aromatic heterocycles. The molecule has 1 unspecified atom stereocenters. The summed E-state index contributed by atoms with van der Waals surface area (Å²) in [5, 5.41) is 4.67. The van der Waals surface area contributed by atoms with Crippen molar-refractivity contribution in [1.29, 1.82) is 0 Å². The van der Waals surface area contributed by atoms with Gasteiger partial charge in [-0.05, 0) is 47.7 Å². The van der Waals surface area contributed by atoms with Gasteiger partial charge in [0.15, 0.2) is 0 Å². The molecule has 0 aliphatic carbocycles. The van der Waals surface area contributed by atoms with Gasteiger partial charge in [-0.2, -0.15) is 0 Å². The van der Waals surface area contributed by atoms with Gasteiger partial charge in [0.1, 0.15) is 5.75 Å². The number of aryl methyl sites for hydroxylation is 1. The fourth-order valence-electron chi connectivity index (χ4n) is 5.00. The van der Waals surface area contributed by atoms with Crippen LogP contribution in [0.1, 0.15) is 44.2 Å². The maximum Gasteiger partial charge on any atom is 0.259 e. The van der Waals surface area contributed by atoms with Crippen LogP contribution in [0.5, 0.6) is 5.75 Å². The van der Waals surface area contributed by atoms with Gasteiger partial charge in [0, 0.05) is 42.4 Å². The Morgan fingerprint density at radius 3 is 2.61 bits per heavy atom. The van der Waals surface area contributed by atoms with Crippen molar-refractivity contribution in [3.05, 3.63) is 71.1 Å². The molecule has 3 heterocycles. The first-order valence-electron chi connectivity index (χ1n) is 11.5. The molecule has 0 bridgehead atoms. The summed E-state index contributed by atoms with van der Waals surface area (Å²) >= 11 is 0. The smallest absolute Gasteiger partial charge is 0.259 e. The highest BCUT2D eigenvalue weighted by atomic mass is 16.5. The fourth-order valence-corrected chi connectivity index (χ4v) is 5.00. The molecule has 0 fully saturated rings. The minimum atomic E-state index is -0.276. The Balaban J connectivity index is 1.73. The summed E-state index contributed by atoms with van der Waals surface area (Å²) in [6.45, 7) is 7.08. The van der Waals surface area contributed by atoms with Gasteiger partial charge in [0.05, 0.1) is 24.7 Å². The van der Waals surface area contributed by atoms with E-state index in [-0.39, 0.29) is 24.3 Å². The first kappa shape index (κ1) is 21.3. The highest BCUT2D eigenvalue weighted by Gasteiger charge is 2.41. The van der Waals surface area contributed by atoms with Crippen molar-refractivity contribution in [1.82, 2.24) is 9.47 Å². The van der Waals surface area contributed by atoms with Crippen LogP contribution < -0.4 is 10.1 Å². The molecule has 1 atom stereocenters. The first-order chi connectivity index (χ1) is 15.9. The van der Waals surface area contributed by atoms with Gasteiger partial charge in [-0.25, -0.2) is 0 Å². The van der Waals surface area contributed by atoms with E-state index in [0.717, 1.165) is 52.1 Å². The van der Waals surface area contributed by atoms with Crippen molar-refractivity contribution >= 4 is 28.4 Å². The molecule has 2 aliphatic rings. The summed E-state index contributed by atoms with van der Waals surface area (Å²) in [5.74, 6) is 0.620. The van der Waals surface area contributed by atoms with Crippen LogP contribution in [0.25, 0.3) is 10.9 Å². The molecular formula is C27H29N3O3. The molecule has 0 saturated carbocycles. The lowest BCUT2D eigenvalue weighted by Crippen LogP contribution is -2.33. The molecule has 1 N–H and O–H groups in total. The van der Waals surface area contributed by atoms with E-state index in [0.29, 0.717) is 11.5 Å². The third kappa shape index (κ3) is 3.50. The van der Waals surface area contributed by atoms with Gasteiger partial charge in [-0.3, -0.25) is 14.5 Å². The topological polar surface area (TPSA) is 63.6 Å². The number of nitrogens with one attached hydrogen (secondary N) is 1. The molecule has 6 heteroatoms. The van der Waals surface area contributed by atoms with Gasteiger partial charge >= 0.3 is 0 Å². The largest absolute Gasteiger partial charge is 0.497 e. The fraction of sp³-hybridized carbons (Fsp3) is 0.333. The molecule has 0 saturated heterocycles. The Hall–Kier alpha value is -3.54. The Labute approximate surface area is 193 Å². The van der Waals surface area contributed by atoms with E-state index < -0.39 is 0 Å². The maximum absolute atomic E-state index is 13.5. The lowest BCUT2D eigenvalue weighted by molar-refractivity contribution is -0.139. The molecule has 0 radical (unpaired) electrons. The average molecular weight is 444 g/mol. The number of carbonyl (C=O) groups excluding carboxylic acids is 2. The minimum Gasteiger partial charge on any atom is -0.497 e. The molecule has 33 heavy (non-hydrogen) atoms. The van der Waals surface area contributed by atoms with Gasteiger partial charge in [0.25, 0.3) is 5.91 Å². The number of rotatable bonds is 5. The average Bonchev–Trinajstić information content (AvgIpc) is 3.28. The number of hydrogen-bond acceptors (Lipinski definition) is 4. The van der Waals surface area contributed by atoms with Crippen LogP contribution in [-0.2, 0) is 16.1 Å². The van der Waals surface area contributed by atoms with Crippen molar-refractivity contribution in [2.24, 2.45) is 5.92 Å². The zero-order valence-electron chi connectivity index (χ0n) is 19.5. The Morgan fingerprint density at radius 2 is 1.94 bits per heavy atom. The lowest BCUT2D eigenvalue weighted by atomic mass is 9.84. The molecule has 2 amide bonds. The van der Waals surface area contributed by atoms with Crippen LogP contribution in [0.15, 0.2) is 59.9 Å². The summed E-state index contributed by atoms with van der Waals surface area (Å²) in [7, 11) is 1.64. The number of anilines is 1. The molecule has 2 aromatic carbocycles. The quantitative estimate of drug-likeness (QED) is 0.609. The summed E-state index contributed by atoms with van der Waals surface area (Å²) < 4.78 is 7.67. The molecule has 2 aliphatic heterocycles. The summed E-state index contributed by atoms with van der Waals surface area (Å²) in [4.78, 5) is 27.1. The predicted octanol–water partition coefficient (Wildman–Crippen LogP) is 4.90. The Bertz CT molecular complexity index is 1280. The van der Waals surface area contributed by atoms with E-state index in [2.05, 4.69) is 42.1 Å². The van der Waals surface area contributed by atoms with Crippen LogP contribution in [0.4, 0.5) is 5.69 Å². The second-order valence-corrected chi connectivity index (χ2v) is 9.29. The number of imide groups is 1. The second-order valence-electron chi connectivity index (χ2n) is 9.29. The number of carbonyl (C=O) groups is 2. The van der Waals surface area contributed by atoms with Crippen molar-refractivity contribution in [3.8, 4) is 5.75 Å². The minimum absolute atomic E-state index is 0.221. The van der Waals surface area contributed by atoms with E-state index in [1.807, 2.05) is 30.3 Å². The highest BCUT2D eigenvalue weighted by Crippen LogP contribution is 2.46. The highest BCUT2D eigenvalue weighted by molar-refractivity contribution is 6.11. The third-order valence-corrected chi connectivity index (χ3v) is 6.71. The number of hydrogen-bond donors (Lipinski definition) is 1. The number of amides is 2. The van der Waals surface area contributed by atoms with Crippen molar-refractivity contribution in [2.75, 3.05) is 19.0 Å². The molecule has 6 nitrogen and oxygen atoms in total. The number of ether oxygens (including phenoxy) is 1. The number of nitrogens with zero attached hydrogens (tertiary/aromatic N) is 2. The van der Waals surface area contributed by atoms with E-state index in [9.17, 15) is 9.59 Å². The molecule has 170 valence electrons. The Morgan fingerprint density at radius 1 is 1.18 bits per heavy atom.